The summed E-state index contributed by atoms with van der Waals surface area (Å²) in [5.41, 5.74) is 11.4. The van der Waals surface area contributed by atoms with Gasteiger partial charge in [-0.3, -0.25) is 5.10 Å². The second kappa shape index (κ2) is 4.88. The third kappa shape index (κ3) is 2.05. The Morgan fingerprint density at radius 3 is 2.81 bits per heavy atom. The molecule has 1 saturated heterocycles. The molecule has 4 nitrogen and oxygen atoms in total. The Labute approximate surface area is 125 Å². The van der Waals surface area contributed by atoms with Crippen LogP contribution in [0.4, 0.5) is 5.82 Å². The van der Waals surface area contributed by atoms with Crippen LogP contribution in [-0.4, -0.2) is 29.3 Å². The first kappa shape index (κ1) is 12.9. The molecule has 21 heavy (non-hydrogen) atoms. The SMILES string of the molecule is CC1Cc2c(N3CCC(N)CC3)n[nH]c2-c2ccccc21. The fourth-order valence-corrected chi connectivity index (χ4v) is 3.72. The van der Waals surface area contributed by atoms with Crippen LogP contribution in [0.1, 0.15) is 36.8 Å². The number of nitrogens with two attached hydrogens (primary N) is 1. The molecule has 4 rings (SSSR count). The summed E-state index contributed by atoms with van der Waals surface area (Å²) in [6, 6.07) is 9.04. The summed E-state index contributed by atoms with van der Waals surface area (Å²) < 4.78 is 0. The number of aromatic nitrogens is 2. The Bertz CT molecular complexity index is 653. The molecule has 4 heteroatoms. The fourth-order valence-electron chi connectivity index (χ4n) is 3.72. The van der Waals surface area contributed by atoms with E-state index >= 15 is 0 Å². The van der Waals surface area contributed by atoms with Gasteiger partial charge in [0, 0.05) is 30.3 Å². The topological polar surface area (TPSA) is 57.9 Å². The largest absolute Gasteiger partial charge is 0.355 e. The van der Waals surface area contributed by atoms with Crippen LogP contribution >= 0.6 is 0 Å². The maximum absolute atomic E-state index is 6.02. The number of anilines is 1. The molecule has 3 N–H and O–H groups in total. The highest BCUT2D eigenvalue weighted by atomic mass is 15.3. The van der Waals surface area contributed by atoms with Gasteiger partial charge >= 0.3 is 0 Å². The highest BCUT2D eigenvalue weighted by molar-refractivity contribution is 5.75. The predicted octanol–water partition coefficient (Wildman–Crippen LogP) is 2.66. The van der Waals surface area contributed by atoms with Crippen molar-refractivity contribution in [1.82, 2.24) is 10.2 Å². The summed E-state index contributed by atoms with van der Waals surface area (Å²) in [7, 11) is 0. The lowest BCUT2D eigenvalue weighted by Crippen LogP contribution is -2.40. The summed E-state index contributed by atoms with van der Waals surface area (Å²) in [5.74, 6) is 1.70. The van der Waals surface area contributed by atoms with Crippen LogP contribution in [-0.2, 0) is 6.42 Å². The van der Waals surface area contributed by atoms with Gasteiger partial charge in [-0.1, -0.05) is 31.2 Å². The zero-order chi connectivity index (χ0) is 14.4. The van der Waals surface area contributed by atoms with Crippen molar-refractivity contribution in [3.05, 3.63) is 35.4 Å². The van der Waals surface area contributed by atoms with Crippen molar-refractivity contribution >= 4 is 5.82 Å². The molecule has 1 aromatic heterocycles. The maximum Gasteiger partial charge on any atom is 0.154 e. The molecule has 0 bridgehead atoms. The first-order valence-corrected chi connectivity index (χ1v) is 7.91. The molecule has 0 amide bonds. The number of nitrogens with zero attached hydrogens (tertiary/aromatic N) is 2. The Kier molecular flexibility index (Phi) is 3.00. The number of benzene rings is 1. The lowest BCUT2D eigenvalue weighted by molar-refractivity contribution is 0.497. The second-order valence-electron chi connectivity index (χ2n) is 6.42. The van der Waals surface area contributed by atoms with E-state index in [9.17, 15) is 0 Å². The summed E-state index contributed by atoms with van der Waals surface area (Å²) in [5, 5.41) is 7.93. The van der Waals surface area contributed by atoms with E-state index < -0.39 is 0 Å². The average molecular weight is 282 g/mol. The minimum atomic E-state index is 0.357. The molecular formula is C17H22N4. The van der Waals surface area contributed by atoms with Gasteiger partial charge in [-0.25, -0.2) is 0 Å². The number of rotatable bonds is 1. The molecule has 1 aliphatic heterocycles. The van der Waals surface area contributed by atoms with Gasteiger partial charge in [0.2, 0.25) is 0 Å². The number of aromatic amines is 1. The molecule has 1 fully saturated rings. The van der Waals surface area contributed by atoms with Crippen LogP contribution in [0.3, 0.4) is 0 Å². The molecule has 1 atom stereocenters. The average Bonchev–Trinajstić information content (AvgIpc) is 2.92. The third-order valence-corrected chi connectivity index (χ3v) is 4.96. The van der Waals surface area contributed by atoms with E-state index in [2.05, 4.69) is 46.3 Å². The van der Waals surface area contributed by atoms with E-state index in [4.69, 9.17) is 5.73 Å². The van der Waals surface area contributed by atoms with Crippen LogP contribution in [0, 0.1) is 0 Å². The lowest BCUT2D eigenvalue weighted by atomic mass is 9.82. The van der Waals surface area contributed by atoms with Gasteiger partial charge in [0.25, 0.3) is 0 Å². The smallest absolute Gasteiger partial charge is 0.154 e. The molecule has 2 heterocycles. The Morgan fingerprint density at radius 2 is 2.00 bits per heavy atom. The molecule has 110 valence electrons. The van der Waals surface area contributed by atoms with E-state index in [1.807, 2.05) is 0 Å². The first-order valence-electron chi connectivity index (χ1n) is 7.91. The van der Waals surface area contributed by atoms with Crippen LogP contribution in [0.15, 0.2) is 24.3 Å². The van der Waals surface area contributed by atoms with Crippen LogP contribution < -0.4 is 10.6 Å². The highest BCUT2D eigenvalue weighted by Gasteiger charge is 2.29. The summed E-state index contributed by atoms with van der Waals surface area (Å²) >= 11 is 0. The van der Waals surface area contributed by atoms with Crippen molar-refractivity contribution in [3.63, 3.8) is 0 Å². The van der Waals surface area contributed by atoms with Gasteiger partial charge in [0.15, 0.2) is 5.82 Å². The zero-order valence-electron chi connectivity index (χ0n) is 12.5. The van der Waals surface area contributed by atoms with Gasteiger partial charge in [-0.05, 0) is 30.7 Å². The van der Waals surface area contributed by atoms with E-state index in [1.165, 1.54) is 22.4 Å². The van der Waals surface area contributed by atoms with E-state index in [0.717, 1.165) is 38.2 Å². The number of H-pyrrole nitrogens is 1. The van der Waals surface area contributed by atoms with Crippen molar-refractivity contribution in [2.24, 2.45) is 5.73 Å². The molecular weight excluding hydrogens is 260 g/mol. The number of hydrogen-bond acceptors (Lipinski definition) is 3. The monoisotopic (exact) mass is 282 g/mol. The van der Waals surface area contributed by atoms with Gasteiger partial charge in [-0.15, -0.1) is 0 Å². The molecule has 1 aromatic carbocycles. The third-order valence-electron chi connectivity index (χ3n) is 4.96. The fraction of sp³-hybridized carbons (Fsp3) is 0.471. The molecule has 1 aliphatic carbocycles. The predicted molar refractivity (Wildman–Crippen MR) is 85.6 cm³/mol. The molecule has 2 aliphatic rings. The standard InChI is InChI=1S/C17H22N4/c1-11-10-15-16(14-5-3-2-4-13(11)14)19-20-17(15)21-8-6-12(18)7-9-21/h2-5,11-12H,6-10,18H2,1H3,(H,19,20). The van der Waals surface area contributed by atoms with Gasteiger partial charge < -0.3 is 10.6 Å². The molecule has 0 radical (unpaired) electrons. The summed E-state index contributed by atoms with van der Waals surface area (Å²) in [6.45, 7) is 4.35. The highest BCUT2D eigenvalue weighted by Crippen LogP contribution is 2.42. The van der Waals surface area contributed by atoms with Crippen molar-refractivity contribution in [3.8, 4) is 11.3 Å². The lowest BCUT2D eigenvalue weighted by Gasteiger charge is -2.32. The van der Waals surface area contributed by atoms with Crippen LogP contribution in [0.25, 0.3) is 11.3 Å². The van der Waals surface area contributed by atoms with E-state index in [1.54, 1.807) is 0 Å². The summed E-state index contributed by atoms with van der Waals surface area (Å²) in [6.07, 6.45) is 3.20. The maximum atomic E-state index is 6.02. The zero-order valence-corrected chi connectivity index (χ0v) is 12.5. The Morgan fingerprint density at radius 1 is 1.24 bits per heavy atom. The number of piperidine rings is 1. The van der Waals surface area contributed by atoms with Crippen molar-refractivity contribution in [2.45, 2.75) is 38.1 Å². The molecule has 0 spiro atoms. The first-order chi connectivity index (χ1) is 10.2. The minimum Gasteiger partial charge on any atom is -0.355 e. The molecule has 2 aromatic rings. The second-order valence-corrected chi connectivity index (χ2v) is 6.42. The van der Waals surface area contributed by atoms with Gasteiger partial charge in [-0.2, -0.15) is 5.10 Å². The number of fused-ring (bicyclic) bond motifs is 3. The number of nitrogens with one attached hydrogen (secondary N) is 1. The summed E-state index contributed by atoms with van der Waals surface area (Å²) in [4.78, 5) is 2.40. The molecule has 0 saturated carbocycles. The minimum absolute atomic E-state index is 0.357. The normalized spacial score (nSPS) is 22.0. The quantitative estimate of drug-likeness (QED) is 0.845. The Balaban J connectivity index is 1.74. The number of hydrogen-bond donors (Lipinski definition) is 2. The van der Waals surface area contributed by atoms with Crippen molar-refractivity contribution < 1.29 is 0 Å². The van der Waals surface area contributed by atoms with Crippen LogP contribution in [0.2, 0.25) is 0 Å². The van der Waals surface area contributed by atoms with E-state index in [-0.39, 0.29) is 0 Å². The Hall–Kier alpha value is -1.81. The van der Waals surface area contributed by atoms with Gasteiger partial charge in [0.1, 0.15) is 0 Å². The van der Waals surface area contributed by atoms with Crippen molar-refractivity contribution in [2.75, 3.05) is 18.0 Å². The van der Waals surface area contributed by atoms with E-state index in [0.29, 0.717) is 12.0 Å². The molecule has 1 unspecified atom stereocenters. The van der Waals surface area contributed by atoms with Crippen molar-refractivity contribution in [1.29, 1.82) is 0 Å². The van der Waals surface area contributed by atoms with Gasteiger partial charge in [0.05, 0.1) is 5.69 Å². The van der Waals surface area contributed by atoms with Crippen LogP contribution in [0.5, 0.6) is 0 Å².